The second kappa shape index (κ2) is 4.19. The number of aryl methyl sites for hydroxylation is 1. The smallest absolute Gasteiger partial charge is 0.258 e. The molecule has 0 fully saturated rings. The molecule has 0 amide bonds. The summed E-state index contributed by atoms with van der Waals surface area (Å²) in [6.07, 6.45) is 0.765. The molecule has 1 aromatic carbocycles. The zero-order valence-electron chi connectivity index (χ0n) is 6.88. The van der Waals surface area contributed by atoms with Crippen molar-refractivity contribution in [2.24, 2.45) is 0 Å². The number of benzene rings is 1. The van der Waals surface area contributed by atoms with Crippen LogP contribution in [-0.2, 0) is 6.42 Å². The maximum absolute atomic E-state index is 10.5. The van der Waals surface area contributed by atoms with Gasteiger partial charge in [0.2, 0.25) is 0 Å². The molecule has 0 saturated carbocycles. The Bertz CT molecular complexity index is 352. The summed E-state index contributed by atoms with van der Waals surface area (Å²) >= 11 is 6.61. The lowest BCUT2D eigenvalue weighted by Gasteiger charge is -2.03. The molecule has 1 aromatic rings. The number of nitrogens with zero attached hydrogens (tertiary/aromatic N) is 1. The third kappa shape index (κ3) is 2.28. The van der Waals surface area contributed by atoms with Gasteiger partial charge in [-0.15, -0.1) is 0 Å². The number of hydrogen-bond acceptors (Lipinski definition) is 2. The molecule has 0 aromatic heterocycles. The number of nitro groups is 1. The van der Waals surface area contributed by atoms with Crippen molar-refractivity contribution < 1.29 is 4.92 Å². The van der Waals surface area contributed by atoms with Gasteiger partial charge in [0.25, 0.3) is 5.69 Å². The second-order valence-electron chi connectivity index (χ2n) is 2.51. The first-order chi connectivity index (χ1) is 6.06. The highest BCUT2D eigenvalue weighted by Crippen LogP contribution is 2.31. The summed E-state index contributed by atoms with van der Waals surface area (Å²) in [4.78, 5) is 10.1. The van der Waals surface area contributed by atoms with Gasteiger partial charge in [-0.25, -0.2) is 0 Å². The van der Waals surface area contributed by atoms with Crippen LogP contribution in [0, 0.1) is 10.1 Å². The van der Waals surface area contributed by atoms with E-state index in [4.69, 9.17) is 0 Å². The minimum Gasteiger partial charge on any atom is -0.258 e. The molecule has 0 radical (unpaired) electrons. The molecule has 5 heteroatoms. The van der Waals surface area contributed by atoms with Crippen LogP contribution >= 0.6 is 31.9 Å². The number of non-ortho nitro benzene ring substituents is 1. The van der Waals surface area contributed by atoms with Crippen LogP contribution < -0.4 is 0 Å². The Labute approximate surface area is 92.5 Å². The van der Waals surface area contributed by atoms with Crippen LogP contribution in [0.25, 0.3) is 0 Å². The molecule has 0 heterocycles. The summed E-state index contributed by atoms with van der Waals surface area (Å²) in [5, 5.41) is 10.5. The van der Waals surface area contributed by atoms with Gasteiger partial charge in [-0.2, -0.15) is 0 Å². The van der Waals surface area contributed by atoms with Crippen molar-refractivity contribution in [2.45, 2.75) is 13.3 Å². The SMILES string of the molecule is CCc1cc([N+](=O)[O-])cc(Br)c1Br. The van der Waals surface area contributed by atoms with E-state index in [-0.39, 0.29) is 5.69 Å². The summed E-state index contributed by atoms with van der Waals surface area (Å²) in [6, 6.07) is 3.07. The normalized spacial score (nSPS) is 10.1. The Kier molecular flexibility index (Phi) is 3.44. The summed E-state index contributed by atoms with van der Waals surface area (Å²) in [7, 11) is 0. The first kappa shape index (κ1) is 10.7. The van der Waals surface area contributed by atoms with Gasteiger partial charge < -0.3 is 0 Å². The third-order valence-electron chi connectivity index (χ3n) is 1.68. The fourth-order valence-electron chi connectivity index (χ4n) is 0.993. The monoisotopic (exact) mass is 307 g/mol. The number of hydrogen-bond donors (Lipinski definition) is 0. The van der Waals surface area contributed by atoms with Crippen LogP contribution in [-0.4, -0.2) is 4.92 Å². The van der Waals surface area contributed by atoms with Crippen LogP contribution in [0.4, 0.5) is 5.69 Å². The fourth-order valence-corrected chi connectivity index (χ4v) is 1.99. The molecule has 70 valence electrons. The predicted molar refractivity (Wildman–Crippen MR) is 57.9 cm³/mol. The van der Waals surface area contributed by atoms with Crippen LogP contribution in [0.15, 0.2) is 21.1 Å². The molecule has 0 saturated heterocycles. The van der Waals surface area contributed by atoms with Gasteiger partial charge in [0.15, 0.2) is 0 Å². The highest BCUT2D eigenvalue weighted by Gasteiger charge is 2.11. The quantitative estimate of drug-likeness (QED) is 0.618. The first-order valence-corrected chi connectivity index (χ1v) is 5.27. The molecule has 0 aliphatic carbocycles. The van der Waals surface area contributed by atoms with E-state index in [0.29, 0.717) is 0 Å². The van der Waals surface area contributed by atoms with Crippen molar-refractivity contribution in [1.82, 2.24) is 0 Å². The molecule has 0 atom stereocenters. The Morgan fingerprint density at radius 1 is 1.46 bits per heavy atom. The van der Waals surface area contributed by atoms with Crippen LogP contribution in [0.1, 0.15) is 12.5 Å². The Morgan fingerprint density at radius 3 is 2.54 bits per heavy atom. The van der Waals surface area contributed by atoms with Gasteiger partial charge in [-0.1, -0.05) is 6.92 Å². The average Bonchev–Trinajstić information content (AvgIpc) is 2.09. The molecular formula is C8H7Br2NO2. The lowest BCUT2D eigenvalue weighted by Crippen LogP contribution is -1.91. The van der Waals surface area contributed by atoms with Gasteiger partial charge >= 0.3 is 0 Å². The summed E-state index contributed by atoms with van der Waals surface area (Å²) in [5.41, 5.74) is 1.05. The van der Waals surface area contributed by atoms with Crippen molar-refractivity contribution >= 4 is 37.5 Å². The number of nitro benzene ring substituents is 1. The van der Waals surface area contributed by atoms with Crippen LogP contribution in [0.3, 0.4) is 0 Å². The lowest BCUT2D eigenvalue weighted by atomic mass is 10.1. The first-order valence-electron chi connectivity index (χ1n) is 3.68. The van der Waals surface area contributed by atoms with Gasteiger partial charge in [0.05, 0.1) is 4.92 Å². The molecule has 0 aliphatic heterocycles. The predicted octanol–water partition coefficient (Wildman–Crippen LogP) is 3.68. The van der Waals surface area contributed by atoms with Crippen molar-refractivity contribution in [3.63, 3.8) is 0 Å². The molecule has 13 heavy (non-hydrogen) atoms. The van der Waals surface area contributed by atoms with Crippen molar-refractivity contribution in [3.8, 4) is 0 Å². The van der Waals surface area contributed by atoms with Gasteiger partial charge in [0, 0.05) is 21.1 Å². The molecule has 0 aliphatic rings. The minimum absolute atomic E-state index is 0.118. The van der Waals surface area contributed by atoms with E-state index in [1.165, 1.54) is 6.07 Å². The van der Waals surface area contributed by atoms with Crippen molar-refractivity contribution in [3.05, 3.63) is 36.8 Å². The Hall–Kier alpha value is -0.420. The second-order valence-corrected chi connectivity index (χ2v) is 4.16. The minimum atomic E-state index is -0.393. The maximum Gasteiger partial charge on any atom is 0.270 e. The van der Waals surface area contributed by atoms with E-state index in [1.54, 1.807) is 6.07 Å². The van der Waals surface area contributed by atoms with Gasteiger partial charge in [0.1, 0.15) is 0 Å². The average molecular weight is 309 g/mol. The highest BCUT2D eigenvalue weighted by molar-refractivity contribution is 9.13. The molecule has 3 nitrogen and oxygen atoms in total. The van der Waals surface area contributed by atoms with Crippen molar-refractivity contribution in [1.29, 1.82) is 0 Å². The molecule has 0 N–H and O–H groups in total. The Morgan fingerprint density at radius 2 is 2.08 bits per heavy atom. The van der Waals surface area contributed by atoms with E-state index in [0.717, 1.165) is 20.9 Å². The molecule has 1 rings (SSSR count). The van der Waals surface area contributed by atoms with E-state index in [2.05, 4.69) is 31.9 Å². The maximum atomic E-state index is 10.5. The largest absolute Gasteiger partial charge is 0.270 e. The molecule has 0 spiro atoms. The van der Waals surface area contributed by atoms with E-state index in [9.17, 15) is 10.1 Å². The van der Waals surface area contributed by atoms with Gasteiger partial charge in [-0.05, 0) is 43.8 Å². The number of halogens is 2. The van der Waals surface area contributed by atoms with E-state index < -0.39 is 4.92 Å². The highest BCUT2D eigenvalue weighted by atomic mass is 79.9. The third-order valence-corrected chi connectivity index (χ3v) is 3.77. The summed E-state index contributed by atoms with van der Waals surface area (Å²) in [5.74, 6) is 0. The molecule has 0 bridgehead atoms. The standard InChI is InChI=1S/C8H7Br2NO2/c1-2-5-3-6(11(12)13)4-7(9)8(5)10/h3-4H,2H2,1H3. The van der Waals surface area contributed by atoms with Crippen LogP contribution in [0.5, 0.6) is 0 Å². The molecule has 0 unspecified atom stereocenters. The van der Waals surface area contributed by atoms with E-state index in [1.807, 2.05) is 6.92 Å². The zero-order valence-corrected chi connectivity index (χ0v) is 10.1. The fraction of sp³-hybridized carbons (Fsp3) is 0.250. The molecular weight excluding hydrogens is 302 g/mol. The van der Waals surface area contributed by atoms with Crippen molar-refractivity contribution in [2.75, 3.05) is 0 Å². The summed E-state index contributed by atoms with van der Waals surface area (Å²) in [6.45, 7) is 1.95. The van der Waals surface area contributed by atoms with Crippen LogP contribution in [0.2, 0.25) is 0 Å². The topological polar surface area (TPSA) is 43.1 Å². The zero-order chi connectivity index (χ0) is 10.0. The Balaban J connectivity index is 3.30. The number of rotatable bonds is 2. The van der Waals surface area contributed by atoms with E-state index >= 15 is 0 Å². The summed E-state index contributed by atoms with van der Waals surface area (Å²) < 4.78 is 1.61. The lowest BCUT2D eigenvalue weighted by molar-refractivity contribution is -0.385. The van der Waals surface area contributed by atoms with Gasteiger partial charge in [-0.3, -0.25) is 10.1 Å².